The second-order valence-electron chi connectivity index (χ2n) is 6.81. The summed E-state index contributed by atoms with van der Waals surface area (Å²) in [6.45, 7) is 2.78. The average Bonchev–Trinajstić information content (AvgIpc) is 3.16. The standard InChI is InChI=1S/C18H25N5O3S2/c1-2-3-4-7-16-21-22-18(27-16)20-17(24)14-8-11-23(12-9-14)28(25,26)15-6-5-10-19-13-15/h5-6,10,13-14H,2-4,7-9,11-12H2,1H3,(H,20,22,24). The van der Waals surface area contributed by atoms with Gasteiger partial charge in [0.1, 0.15) is 9.90 Å². The highest BCUT2D eigenvalue weighted by Gasteiger charge is 2.32. The molecule has 152 valence electrons. The molecule has 0 atom stereocenters. The Morgan fingerprint density at radius 3 is 2.75 bits per heavy atom. The third-order valence-corrected chi connectivity index (χ3v) is 7.57. The third kappa shape index (κ3) is 5.12. The number of carbonyl (C=O) groups excluding carboxylic acids is 1. The zero-order chi connectivity index (χ0) is 20.0. The fourth-order valence-corrected chi connectivity index (χ4v) is 5.36. The monoisotopic (exact) mass is 423 g/mol. The summed E-state index contributed by atoms with van der Waals surface area (Å²) in [4.78, 5) is 16.6. The van der Waals surface area contributed by atoms with Crippen LogP contribution in [0.5, 0.6) is 0 Å². The van der Waals surface area contributed by atoms with E-state index in [1.54, 1.807) is 6.07 Å². The van der Waals surface area contributed by atoms with Gasteiger partial charge < -0.3 is 5.32 Å². The van der Waals surface area contributed by atoms with Crippen molar-refractivity contribution in [2.75, 3.05) is 18.4 Å². The zero-order valence-electron chi connectivity index (χ0n) is 15.9. The number of anilines is 1. The van der Waals surface area contributed by atoms with Crippen LogP contribution in [0.3, 0.4) is 0 Å². The first-order chi connectivity index (χ1) is 13.5. The van der Waals surface area contributed by atoms with E-state index < -0.39 is 10.0 Å². The molecule has 1 aliphatic rings. The van der Waals surface area contributed by atoms with Crippen LogP contribution in [0, 0.1) is 5.92 Å². The van der Waals surface area contributed by atoms with Crippen molar-refractivity contribution in [1.29, 1.82) is 0 Å². The number of nitrogens with zero attached hydrogens (tertiary/aromatic N) is 4. The Morgan fingerprint density at radius 1 is 1.29 bits per heavy atom. The number of aromatic nitrogens is 3. The van der Waals surface area contributed by atoms with E-state index in [2.05, 4.69) is 27.4 Å². The molecular formula is C18H25N5O3S2. The van der Waals surface area contributed by atoms with Crippen LogP contribution in [0.1, 0.15) is 44.0 Å². The molecule has 3 rings (SSSR count). The molecule has 0 radical (unpaired) electrons. The first kappa shape index (κ1) is 20.8. The lowest BCUT2D eigenvalue weighted by atomic mass is 9.97. The maximum Gasteiger partial charge on any atom is 0.244 e. The number of sulfonamides is 1. The molecule has 2 aromatic rings. The van der Waals surface area contributed by atoms with E-state index in [0.29, 0.717) is 31.1 Å². The zero-order valence-corrected chi connectivity index (χ0v) is 17.5. The van der Waals surface area contributed by atoms with Gasteiger partial charge in [0, 0.05) is 37.8 Å². The summed E-state index contributed by atoms with van der Waals surface area (Å²) in [5, 5.41) is 12.5. The van der Waals surface area contributed by atoms with Gasteiger partial charge in [-0.05, 0) is 31.4 Å². The molecule has 10 heteroatoms. The summed E-state index contributed by atoms with van der Waals surface area (Å²) in [5.74, 6) is -0.345. The number of nitrogens with one attached hydrogen (secondary N) is 1. The van der Waals surface area contributed by atoms with E-state index in [1.165, 1.54) is 34.1 Å². The van der Waals surface area contributed by atoms with Crippen LogP contribution in [0.2, 0.25) is 0 Å². The van der Waals surface area contributed by atoms with E-state index >= 15 is 0 Å². The van der Waals surface area contributed by atoms with Gasteiger partial charge in [-0.3, -0.25) is 9.78 Å². The second-order valence-corrected chi connectivity index (χ2v) is 9.81. The minimum Gasteiger partial charge on any atom is -0.300 e. The van der Waals surface area contributed by atoms with Gasteiger partial charge in [-0.1, -0.05) is 31.1 Å². The van der Waals surface area contributed by atoms with Crippen molar-refractivity contribution in [2.45, 2.75) is 50.3 Å². The Balaban J connectivity index is 1.51. The number of hydrogen-bond acceptors (Lipinski definition) is 7. The molecule has 1 fully saturated rings. The van der Waals surface area contributed by atoms with E-state index in [-0.39, 0.29) is 16.7 Å². The van der Waals surface area contributed by atoms with Gasteiger partial charge in [0.15, 0.2) is 0 Å². The Labute approximate surface area is 169 Å². The highest BCUT2D eigenvalue weighted by molar-refractivity contribution is 7.89. The fraction of sp³-hybridized carbons (Fsp3) is 0.556. The lowest BCUT2D eigenvalue weighted by molar-refractivity contribution is -0.120. The molecule has 0 spiro atoms. The molecule has 0 aromatic carbocycles. The maximum absolute atomic E-state index is 12.6. The van der Waals surface area contributed by atoms with Crippen LogP contribution in [0.25, 0.3) is 0 Å². The number of amides is 1. The van der Waals surface area contributed by atoms with Gasteiger partial charge >= 0.3 is 0 Å². The highest BCUT2D eigenvalue weighted by atomic mass is 32.2. The molecule has 1 amide bonds. The molecule has 0 aliphatic carbocycles. The van der Waals surface area contributed by atoms with E-state index in [9.17, 15) is 13.2 Å². The van der Waals surface area contributed by atoms with Gasteiger partial charge in [0.25, 0.3) is 0 Å². The van der Waals surface area contributed by atoms with Crippen molar-refractivity contribution in [3.8, 4) is 0 Å². The van der Waals surface area contributed by atoms with E-state index in [1.807, 2.05) is 0 Å². The molecule has 28 heavy (non-hydrogen) atoms. The van der Waals surface area contributed by atoms with Crippen LogP contribution in [-0.2, 0) is 21.2 Å². The van der Waals surface area contributed by atoms with E-state index in [4.69, 9.17) is 0 Å². The minimum absolute atomic E-state index is 0.116. The molecular weight excluding hydrogens is 398 g/mol. The van der Waals surface area contributed by atoms with Crippen molar-refractivity contribution in [2.24, 2.45) is 5.92 Å². The predicted molar refractivity (Wildman–Crippen MR) is 107 cm³/mol. The Kier molecular flexibility index (Phi) is 7.08. The Bertz CT molecular complexity index is 878. The maximum atomic E-state index is 12.6. The van der Waals surface area contributed by atoms with Crippen molar-refractivity contribution in [1.82, 2.24) is 19.5 Å². The summed E-state index contributed by atoms with van der Waals surface area (Å²) in [6.07, 6.45) is 8.11. The molecule has 0 unspecified atom stereocenters. The molecule has 0 bridgehead atoms. The van der Waals surface area contributed by atoms with Crippen molar-refractivity contribution < 1.29 is 13.2 Å². The third-order valence-electron chi connectivity index (χ3n) is 4.79. The molecule has 0 saturated carbocycles. The minimum atomic E-state index is -3.56. The second kappa shape index (κ2) is 9.53. The van der Waals surface area contributed by atoms with Gasteiger partial charge in [-0.15, -0.1) is 10.2 Å². The largest absolute Gasteiger partial charge is 0.300 e. The number of aryl methyl sites for hydroxylation is 1. The molecule has 2 aromatic heterocycles. The van der Waals surface area contributed by atoms with Gasteiger partial charge in [0.2, 0.25) is 21.1 Å². The number of pyridine rings is 1. The topological polar surface area (TPSA) is 105 Å². The number of unbranched alkanes of at least 4 members (excludes halogenated alkanes) is 2. The van der Waals surface area contributed by atoms with Crippen LogP contribution in [0.4, 0.5) is 5.13 Å². The SMILES string of the molecule is CCCCCc1nnc(NC(=O)C2CCN(S(=O)(=O)c3cccnc3)CC2)s1. The Morgan fingerprint density at radius 2 is 2.07 bits per heavy atom. The fourth-order valence-electron chi connectivity index (χ4n) is 3.15. The van der Waals surface area contributed by atoms with Gasteiger partial charge in [-0.2, -0.15) is 4.31 Å². The van der Waals surface area contributed by atoms with Crippen molar-refractivity contribution in [3.05, 3.63) is 29.5 Å². The lowest BCUT2D eigenvalue weighted by Gasteiger charge is -2.30. The highest BCUT2D eigenvalue weighted by Crippen LogP contribution is 2.25. The van der Waals surface area contributed by atoms with Gasteiger partial charge in [0.05, 0.1) is 0 Å². The number of piperidine rings is 1. The molecule has 3 heterocycles. The average molecular weight is 424 g/mol. The summed E-state index contributed by atoms with van der Waals surface area (Å²) in [5.41, 5.74) is 0. The summed E-state index contributed by atoms with van der Waals surface area (Å²) >= 11 is 1.41. The number of rotatable bonds is 8. The van der Waals surface area contributed by atoms with Crippen LogP contribution >= 0.6 is 11.3 Å². The van der Waals surface area contributed by atoms with E-state index in [0.717, 1.165) is 30.7 Å². The summed E-state index contributed by atoms with van der Waals surface area (Å²) in [6, 6.07) is 3.14. The van der Waals surface area contributed by atoms with Crippen molar-refractivity contribution >= 4 is 32.4 Å². The quantitative estimate of drug-likeness (QED) is 0.655. The van der Waals surface area contributed by atoms with Gasteiger partial charge in [-0.25, -0.2) is 8.42 Å². The normalized spacial score (nSPS) is 16.2. The van der Waals surface area contributed by atoms with Crippen LogP contribution in [-0.4, -0.2) is 46.9 Å². The predicted octanol–water partition coefficient (Wildman–Crippen LogP) is 2.71. The summed E-state index contributed by atoms with van der Waals surface area (Å²) in [7, 11) is -3.56. The summed E-state index contributed by atoms with van der Waals surface area (Å²) < 4.78 is 26.7. The van der Waals surface area contributed by atoms with Crippen LogP contribution in [0.15, 0.2) is 29.4 Å². The number of hydrogen-bond donors (Lipinski definition) is 1. The van der Waals surface area contributed by atoms with Crippen LogP contribution < -0.4 is 5.32 Å². The van der Waals surface area contributed by atoms with Crippen molar-refractivity contribution in [3.63, 3.8) is 0 Å². The number of carbonyl (C=O) groups is 1. The molecule has 1 aliphatic heterocycles. The molecule has 1 N–H and O–H groups in total. The molecule has 1 saturated heterocycles. The molecule has 8 nitrogen and oxygen atoms in total. The first-order valence-corrected chi connectivity index (χ1v) is 11.8. The Hall–Kier alpha value is -1.91. The smallest absolute Gasteiger partial charge is 0.244 e. The lowest BCUT2D eigenvalue weighted by Crippen LogP contribution is -2.41. The first-order valence-electron chi connectivity index (χ1n) is 9.54.